The summed E-state index contributed by atoms with van der Waals surface area (Å²) in [5.74, 6) is 0. The van der Waals surface area contributed by atoms with Crippen LogP contribution in [0.25, 0.3) is 54.9 Å². The lowest BCUT2D eigenvalue weighted by Crippen LogP contribution is -2.26. The van der Waals surface area contributed by atoms with Crippen molar-refractivity contribution in [3.8, 4) is 33.4 Å². The van der Waals surface area contributed by atoms with E-state index in [-0.39, 0.29) is 5.41 Å². The molecule has 0 aromatic heterocycles. The quantitative estimate of drug-likeness (QED) is 0.140. The second kappa shape index (κ2) is 12.8. The molecule has 55 heavy (non-hydrogen) atoms. The lowest BCUT2D eigenvalue weighted by atomic mass is 9.70. The molecule has 0 saturated carbocycles. The Morgan fingerprint density at radius 1 is 0.455 bits per heavy atom. The van der Waals surface area contributed by atoms with Crippen molar-refractivity contribution in [3.63, 3.8) is 0 Å². The molecule has 0 fully saturated rings. The third-order valence-electron chi connectivity index (χ3n) is 11.7. The van der Waals surface area contributed by atoms with Crippen molar-refractivity contribution in [1.29, 1.82) is 5.41 Å². The molecule has 2 aliphatic carbocycles. The number of nitrogen functional groups attached to an aromatic ring is 1. The van der Waals surface area contributed by atoms with Gasteiger partial charge in [-0.3, -0.25) is 5.41 Å². The standard InChI is InChI=1S/C34H22.C19H16N2/c1-21-18-32-33(27-15-5-4-12-24(21)27)28-19-22-10-2-3-11-23(22)20-31(28)34(32)29-16-8-6-13-25(29)26-14-7-9-17-30(26)34;20-18-9-5-4-8-17(18)19(21)16-12-10-15(11-13-16)14-6-2-1-3-7-14/h2-20H,1H3;1-13,21H,20H2. The van der Waals surface area contributed by atoms with Crippen LogP contribution in [0.1, 0.15) is 38.9 Å². The summed E-state index contributed by atoms with van der Waals surface area (Å²) >= 11 is 0. The van der Waals surface area contributed by atoms with E-state index in [0.29, 0.717) is 11.4 Å². The summed E-state index contributed by atoms with van der Waals surface area (Å²) in [6.07, 6.45) is 0. The van der Waals surface area contributed by atoms with Gasteiger partial charge in [0.25, 0.3) is 0 Å². The topological polar surface area (TPSA) is 49.9 Å². The maximum Gasteiger partial charge on any atom is 0.0726 e. The van der Waals surface area contributed by atoms with Crippen molar-refractivity contribution in [1.82, 2.24) is 0 Å². The van der Waals surface area contributed by atoms with Crippen molar-refractivity contribution in [2.75, 3.05) is 5.73 Å². The third-order valence-corrected chi connectivity index (χ3v) is 11.7. The van der Waals surface area contributed by atoms with Crippen molar-refractivity contribution in [2.45, 2.75) is 12.3 Å². The highest BCUT2D eigenvalue weighted by Gasteiger charge is 2.52. The number of nitrogens with one attached hydrogen (secondary N) is 1. The number of rotatable bonds is 3. The SMILES string of the molecule is Cc1cc2c(c3ccccc13)-c1cc3ccccc3cc1C21c2ccccc2-c2ccccc21.N=C(c1ccc(-c2ccccc2)cc1)c1ccccc1N. The van der Waals surface area contributed by atoms with Crippen LogP contribution in [0.3, 0.4) is 0 Å². The highest BCUT2D eigenvalue weighted by Crippen LogP contribution is 2.64. The number of fused-ring (bicyclic) bond motifs is 13. The minimum Gasteiger partial charge on any atom is -0.398 e. The molecule has 2 heteroatoms. The summed E-state index contributed by atoms with van der Waals surface area (Å²) in [7, 11) is 0. The molecule has 260 valence electrons. The Labute approximate surface area is 321 Å². The number of nitrogens with two attached hydrogens (primary N) is 1. The Morgan fingerprint density at radius 3 is 1.69 bits per heavy atom. The van der Waals surface area contributed by atoms with Crippen LogP contribution in [0.5, 0.6) is 0 Å². The summed E-state index contributed by atoms with van der Waals surface area (Å²) in [6, 6.07) is 68.9. The normalized spacial score (nSPS) is 12.7. The van der Waals surface area contributed by atoms with Gasteiger partial charge in [0.05, 0.1) is 11.1 Å². The van der Waals surface area contributed by atoms with Crippen LogP contribution in [0.4, 0.5) is 5.69 Å². The minimum atomic E-state index is -0.295. The zero-order valence-corrected chi connectivity index (χ0v) is 30.6. The van der Waals surface area contributed by atoms with Gasteiger partial charge in [-0.1, -0.05) is 176 Å². The fourth-order valence-corrected chi connectivity index (χ4v) is 9.20. The molecule has 0 amide bonds. The molecule has 0 radical (unpaired) electrons. The average molecular weight is 703 g/mol. The molecule has 0 saturated heterocycles. The largest absolute Gasteiger partial charge is 0.398 e. The monoisotopic (exact) mass is 702 g/mol. The first-order valence-electron chi connectivity index (χ1n) is 18.9. The van der Waals surface area contributed by atoms with Gasteiger partial charge in [0.15, 0.2) is 0 Å². The van der Waals surface area contributed by atoms with Gasteiger partial charge in [0, 0.05) is 16.8 Å². The number of benzene rings is 9. The molecular formula is C53H38N2. The Hall–Kier alpha value is -7.03. The maximum absolute atomic E-state index is 8.31. The van der Waals surface area contributed by atoms with Crippen LogP contribution in [-0.4, -0.2) is 5.71 Å². The van der Waals surface area contributed by atoms with Crippen molar-refractivity contribution in [2.24, 2.45) is 0 Å². The summed E-state index contributed by atoms with van der Waals surface area (Å²) in [6.45, 7) is 2.27. The molecule has 0 heterocycles. The molecular weight excluding hydrogens is 665 g/mol. The average Bonchev–Trinajstić information content (AvgIpc) is 3.70. The third kappa shape index (κ3) is 4.99. The summed E-state index contributed by atoms with van der Waals surface area (Å²) in [5.41, 5.74) is 23.2. The zero-order valence-electron chi connectivity index (χ0n) is 30.6. The van der Waals surface area contributed by atoms with E-state index in [4.69, 9.17) is 11.1 Å². The highest BCUT2D eigenvalue weighted by molar-refractivity contribution is 6.14. The van der Waals surface area contributed by atoms with Gasteiger partial charge in [-0.15, -0.1) is 0 Å². The number of para-hydroxylation sites is 1. The van der Waals surface area contributed by atoms with Gasteiger partial charge < -0.3 is 5.73 Å². The number of aryl methyl sites for hydroxylation is 1. The predicted octanol–water partition coefficient (Wildman–Crippen LogP) is 13.0. The molecule has 0 unspecified atom stereocenters. The van der Waals surface area contributed by atoms with Crippen LogP contribution in [0, 0.1) is 12.3 Å². The van der Waals surface area contributed by atoms with Crippen molar-refractivity contribution < 1.29 is 0 Å². The van der Waals surface area contributed by atoms with E-state index in [1.165, 1.54) is 77.2 Å². The van der Waals surface area contributed by atoms with Crippen molar-refractivity contribution >= 4 is 32.9 Å². The van der Waals surface area contributed by atoms with E-state index in [1.807, 2.05) is 66.7 Å². The molecule has 0 aliphatic heterocycles. The van der Waals surface area contributed by atoms with Crippen LogP contribution < -0.4 is 5.73 Å². The molecule has 1 spiro atoms. The van der Waals surface area contributed by atoms with Crippen LogP contribution >= 0.6 is 0 Å². The lowest BCUT2D eigenvalue weighted by Gasteiger charge is -2.31. The maximum atomic E-state index is 8.31. The van der Waals surface area contributed by atoms with E-state index >= 15 is 0 Å². The Bertz CT molecular complexity index is 2910. The summed E-state index contributed by atoms with van der Waals surface area (Å²) < 4.78 is 0. The smallest absolute Gasteiger partial charge is 0.0726 e. The van der Waals surface area contributed by atoms with E-state index in [0.717, 1.165) is 16.7 Å². The lowest BCUT2D eigenvalue weighted by molar-refractivity contribution is 0.794. The molecule has 2 nitrogen and oxygen atoms in total. The summed E-state index contributed by atoms with van der Waals surface area (Å²) in [5, 5.41) is 13.6. The molecule has 0 bridgehead atoms. The van der Waals surface area contributed by atoms with E-state index in [2.05, 4.69) is 134 Å². The van der Waals surface area contributed by atoms with E-state index in [1.54, 1.807) is 0 Å². The zero-order chi connectivity index (χ0) is 37.1. The predicted molar refractivity (Wildman–Crippen MR) is 231 cm³/mol. The second-order valence-electron chi connectivity index (χ2n) is 14.7. The van der Waals surface area contributed by atoms with Gasteiger partial charge in [0.2, 0.25) is 0 Å². The van der Waals surface area contributed by atoms with E-state index in [9.17, 15) is 0 Å². The van der Waals surface area contributed by atoms with Crippen LogP contribution in [0.2, 0.25) is 0 Å². The molecule has 9 aromatic carbocycles. The Kier molecular flexibility index (Phi) is 7.60. The number of hydrogen-bond donors (Lipinski definition) is 2. The fourth-order valence-electron chi connectivity index (χ4n) is 9.20. The van der Waals surface area contributed by atoms with Gasteiger partial charge in [0.1, 0.15) is 0 Å². The minimum absolute atomic E-state index is 0.295. The van der Waals surface area contributed by atoms with Crippen LogP contribution in [-0.2, 0) is 5.41 Å². The second-order valence-corrected chi connectivity index (χ2v) is 14.7. The first kappa shape index (κ1) is 32.6. The van der Waals surface area contributed by atoms with Crippen molar-refractivity contribution in [3.05, 3.63) is 233 Å². The molecule has 0 atom stereocenters. The highest BCUT2D eigenvalue weighted by atomic mass is 14.6. The Morgan fingerprint density at radius 2 is 1.00 bits per heavy atom. The molecule has 3 N–H and O–H groups in total. The van der Waals surface area contributed by atoms with Gasteiger partial charge in [-0.25, -0.2) is 0 Å². The van der Waals surface area contributed by atoms with E-state index < -0.39 is 0 Å². The molecule has 11 rings (SSSR count). The molecule has 9 aromatic rings. The Balaban J connectivity index is 0.000000153. The summed E-state index contributed by atoms with van der Waals surface area (Å²) in [4.78, 5) is 0. The number of anilines is 1. The fraction of sp³-hybridized carbons (Fsp3) is 0.0377. The van der Waals surface area contributed by atoms with Gasteiger partial charge in [-0.2, -0.15) is 0 Å². The first-order valence-corrected chi connectivity index (χ1v) is 18.9. The van der Waals surface area contributed by atoms with Gasteiger partial charge >= 0.3 is 0 Å². The number of hydrogen-bond acceptors (Lipinski definition) is 2. The van der Waals surface area contributed by atoms with Crippen LogP contribution in [0.15, 0.2) is 194 Å². The van der Waals surface area contributed by atoms with Gasteiger partial charge in [-0.05, 0) is 108 Å². The first-order chi connectivity index (χ1) is 27.0. The molecule has 2 aliphatic rings.